The Morgan fingerprint density at radius 1 is 0.852 bits per heavy atom. The van der Waals surface area contributed by atoms with Crippen molar-refractivity contribution in [3.63, 3.8) is 0 Å². The van der Waals surface area contributed by atoms with Gasteiger partial charge in [-0.05, 0) is 44.3 Å². The summed E-state index contributed by atoms with van der Waals surface area (Å²) >= 11 is 6.54. The summed E-state index contributed by atoms with van der Waals surface area (Å²) in [5.41, 5.74) is 6.23. The molecule has 3 aromatic carbocycles. The number of aliphatic imine (C=N–C) groups is 1. The van der Waals surface area contributed by atoms with Gasteiger partial charge < -0.3 is 10.2 Å². The lowest BCUT2D eigenvalue weighted by molar-refractivity contribution is 0.723. The molecule has 27 heavy (non-hydrogen) atoms. The predicted octanol–water partition coefficient (Wildman–Crippen LogP) is 5.57. The summed E-state index contributed by atoms with van der Waals surface area (Å²) in [7, 11) is 1.99. The maximum Gasteiger partial charge on any atom is 0.0874 e. The first-order valence-electron chi connectivity index (χ1n) is 9.24. The van der Waals surface area contributed by atoms with Gasteiger partial charge in [0.1, 0.15) is 0 Å². The van der Waals surface area contributed by atoms with Gasteiger partial charge in [0, 0.05) is 22.7 Å². The first kappa shape index (κ1) is 17.8. The van der Waals surface area contributed by atoms with E-state index < -0.39 is 0 Å². The summed E-state index contributed by atoms with van der Waals surface area (Å²) in [5, 5.41) is 3.96. The second kappa shape index (κ2) is 7.95. The molecule has 1 aliphatic rings. The molecule has 4 rings (SSSR count). The van der Waals surface area contributed by atoms with E-state index in [-0.39, 0.29) is 0 Å². The molecule has 3 nitrogen and oxygen atoms in total. The first-order valence-corrected chi connectivity index (χ1v) is 9.61. The van der Waals surface area contributed by atoms with Crippen molar-refractivity contribution in [3.8, 4) is 0 Å². The van der Waals surface area contributed by atoms with E-state index in [1.54, 1.807) is 0 Å². The third-order valence-corrected chi connectivity index (χ3v) is 5.12. The van der Waals surface area contributed by atoms with Crippen molar-refractivity contribution >= 4 is 34.4 Å². The van der Waals surface area contributed by atoms with Crippen LogP contribution in [0.3, 0.4) is 0 Å². The molecule has 0 aliphatic carbocycles. The van der Waals surface area contributed by atoms with Crippen LogP contribution in [0, 0.1) is 0 Å². The zero-order chi connectivity index (χ0) is 18.6. The standard InChI is InChI=1S/C23H22ClN3/c1-25-15-8-16-27-21-13-6-3-10-18(21)23(17-9-2-4-11-19(17)24)26-20-12-5-7-14-22(20)27/h2-7,9-14,25H,8,15-16H2,1H3. The van der Waals surface area contributed by atoms with E-state index in [2.05, 4.69) is 52.7 Å². The topological polar surface area (TPSA) is 27.6 Å². The minimum absolute atomic E-state index is 0.715. The normalized spacial score (nSPS) is 12.8. The molecule has 4 heteroatoms. The average Bonchev–Trinajstić information content (AvgIpc) is 2.84. The maximum absolute atomic E-state index is 6.54. The Hall–Kier alpha value is -2.62. The van der Waals surface area contributed by atoms with Gasteiger partial charge in [-0.15, -0.1) is 0 Å². The van der Waals surface area contributed by atoms with Crippen LogP contribution in [-0.4, -0.2) is 25.8 Å². The molecule has 0 saturated carbocycles. The molecule has 0 unspecified atom stereocenters. The second-order valence-corrected chi connectivity index (χ2v) is 6.96. The van der Waals surface area contributed by atoms with Crippen molar-refractivity contribution in [1.29, 1.82) is 0 Å². The lowest BCUT2D eigenvalue weighted by atomic mass is 10.00. The van der Waals surface area contributed by atoms with E-state index in [1.165, 1.54) is 0 Å². The number of nitrogens with one attached hydrogen (secondary N) is 1. The molecule has 1 heterocycles. The van der Waals surface area contributed by atoms with Crippen LogP contribution in [0.25, 0.3) is 0 Å². The molecule has 1 N–H and O–H groups in total. The number of hydrogen-bond acceptors (Lipinski definition) is 3. The minimum Gasteiger partial charge on any atom is -0.339 e. The summed E-state index contributed by atoms with van der Waals surface area (Å²) in [6, 6.07) is 24.7. The molecule has 0 radical (unpaired) electrons. The lowest BCUT2D eigenvalue weighted by Gasteiger charge is -2.26. The molecular weight excluding hydrogens is 354 g/mol. The SMILES string of the molecule is CNCCCN1c2ccccc2N=C(c2ccccc2Cl)c2ccccc21. The van der Waals surface area contributed by atoms with Gasteiger partial charge in [-0.1, -0.05) is 60.1 Å². The Morgan fingerprint density at radius 2 is 1.52 bits per heavy atom. The smallest absolute Gasteiger partial charge is 0.0874 e. The van der Waals surface area contributed by atoms with Crippen molar-refractivity contribution < 1.29 is 0 Å². The molecule has 0 amide bonds. The predicted molar refractivity (Wildman–Crippen MR) is 115 cm³/mol. The van der Waals surface area contributed by atoms with Gasteiger partial charge in [0.2, 0.25) is 0 Å². The number of benzene rings is 3. The minimum atomic E-state index is 0.715. The van der Waals surface area contributed by atoms with E-state index in [4.69, 9.17) is 16.6 Å². The molecular formula is C23H22ClN3. The van der Waals surface area contributed by atoms with Crippen molar-refractivity contribution in [2.24, 2.45) is 4.99 Å². The zero-order valence-corrected chi connectivity index (χ0v) is 16.1. The maximum atomic E-state index is 6.54. The van der Waals surface area contributed by atoms with Crippen molar-refractivity contribution in [1.82, 2.24) is 5.32 Å². The van der Waals surface area contributed by atoms with E-state index in [0.29, 0.717) is 5.02 Å². The van der Waals surface area contributed by atoms with Crippen LogP contribution < -0.4 is 10.2 Å². The Balaban J connectivity index is 1.92. The van der Waals surface area contributed by atoms with Crippen LogP contribution in [-0.2, 0) is 0 Å². The fourth-order valence-corrected chi connectivity index (χ4v) is 3.75. The molecule has 1 aliphatic heterocycles. The van der Waals surface area contributed by atoms with Crippen LogP contribution in [0.1, 0.15) is 17.5 Å². The van der Waals surface area contributed by atoms with E-state index in [9.17, 15) is 0 Å². The highest BCUT2D eigenvalue weighted by Crippen LogP contribution is 2.41. The van der Waals surface area contributed by atoms with Crippen LogP contribution in [0.2, 0.25) is 5.02 Å². The quantitative estimate of drug-likeness (QED) is 0.590. The van der Waals surface area contributed by atoms with E-state index in [0.717, 1.165) is 53.4 Å². The summed E-state index contributed by atoms with van der Waals surface area (Å²) in [6.07, 6.45) is 1.04. The number of para-hydroxylation sites is 3. The number of anilines is 2. The van der Waals surface area contributed by atoms with Gasteiger partial charge in [-0.25, -0.2) is 4.99 Å². The molecule has 0 aromatic heterocycles. The molecule has 0 atom stereocenters. The third-order valence-electron chi connectivity index (χ3n) is 4.79. The Labute approximate surface area is 165 Å². The first-order chi connectivity index (χ1) is 13.3. The Bertz CT molecular complexity index is 981. The van der Waals surface area contributed by atoms with Gasteiger partial charge in [-0.2, -0.15) is 0 Å². The van der Waals surface area contributed by atoms with Gasteiger partial charge in [-0.3, -0.25) is 0 Å². The van der Waals surface area contributed by atoms with Crippen LogP contribution in [0.5, 0.6) is 0 Å². The van der Waals surface area contributed by atoms with Crippen molar-refractivity contribution in [2.45, 2.75) is 6.42 Å². The summed E-state index contributed by atoms with van der Waals surface area (Å²) in [5.74, 6) is 0. The number of hydrogen-bond donors (Lipinski definition) is 1. The highest BCUT2D eigenvalue weighted by atomic mass is 35.5. The van der Waals surface area contributed by atoms with Crippen LogP contribution in [0.15, 0.2) is 77.8 Å². The molecule has 136 valence electrons. The van der Waals surface area contributed by atoms with Crippen molar-refractivity contribution in [3.05, 3.63) is 88.9 Å². The van der Waals surface area contributed by atoms with Crippen molar-refractivity contribution in [2.75, 3.05) is 25.0 Å². The fourth-order valence-electron chi connectivity index (χ4n) is 3.52. The lowest BCUT2D eigenvalue weighted by Crippen LogP contribution is -2.23. The fraction of sp³-hybridized carbons (Fsp3) is 0.174. The highest BCUT2D eigenvalue weighted by Gasteiger charge is 2.24. The summed E-state index contributed by atoms with van der Waals surface area (Å²) < 4.78 is 0. The summed E-state index contributed by atoms with van der Waals surface area (Å²) in [6.45, 7) is 1.89. The largest absolute Gasteiger partial charge is 0.339 e. The molecule has 0 bridgehead atoms. The van der Waals surface area contributed by atoms with Gasteiger partial charge in [0.15, 0.2) is 0 Å². The van der Waals surface area contributed by atoms with E-state index in [1.807, 2.05) is 37.4 Å². The number of halogens is 1. The molecule has 0 spiro atoms. The Kier molecular flexibility index (Phi) is 5.23. The number of nitrogens with zero attached hydrogens (tertiary/aromatic N) is 2. The van der Waals surface area contributed by atoms with Gasteiger partial charge in [0.05, 0.1) is 22.8 Å². The van der Waals surface area contributed by atoms with Crippen LogP contribution in [0.4, 0.5) is 17.1 Å². The summed E-state index contributed by atoms with van der Waals surface area (Å²) in [4.78, 5) is 7.44. The second-order valence-electron chi connectivity index (χ2n) is 6.55. The van der Waals surface area contributed by atoms with Gasteiger partial charge >= 0.3 is 0 Å². The van der Waals surface area contributed by atoms with E-state index >= 15 is 0 Å². The monoisotopic (exact) mass is 375 g/mol. The Morgan fingerprint density at radius 3 is 2.30 bits per heavy atom. The number of fused-ring (bicyclic) bond motifs is 2. The third kappa shape index (κ3) is 3.48. The molecule has 0 saturated heterocycles. The highest BCUT2D eigenvalue weighted by molar-refractivity contribution is 6.36. The zero-order valence-electron chi connectivity index (χ0n) is 15.3. The average molecular weight is 376 g/mol. The van der Waals surface area contributed by atoms with Crippen LogP contribution >= 0.6 is 11.6 Å². The molecule has 3 aromatic rings. The van der Waals surface area contributed by atoms with Gasteiger partial charge in [0.25, 0.3) is 0 Å². The number of rotatable bonds is 5. The molecule has 0 fully saturated rings.